The van der Waals surface area contributed by atoms with E-state index in [4.69, 9.17) is 22.7 Å². The van der Waals surface area contributed by atoms with Crippen LogP contribution in [0.3, 0.4) is 0 Å². The molecule has 0 aliphatic carbocycles. The lowest BCUT2D eigenvalue weighted by Gasteiger charge is -2.10. The van der Waals surface area contributed by atoms with Gasteiger partial charge in [0.15, 0.2) is 0 Å². The summed E-state index contributed by atoms with van der Waals surface area (Å²) in [7, 11) is 0. The monoisotopic (exact) mass is 250 g/mol. The fourth-order valence-electron chi connectivity index (χ4n) is 1.74. The number of rotatable bonds is 3. The minimum atomic E-state index is -0.0523. The van der Waals surface area contributed by atoms with Gasteiger partial charge in [-0.2, -0.15) is 0 Å². The summed E-state index contributed by atoms with van der Waals surface area (Å²) < 4.78 is 5.18. The summed E-state index contributed by atoms with van der Waals surface area (Å²) in [6, 6.07) is 7.22. The van der Waals surface area contributed by atoms with Crippen LogP contribution < -0.4 is 11.1 Å². The number of nitrogens with two attached hydrogens (primary N) is 1. The highest BCUT2D eigenvalue weighted by Gasteiger charge is 2.23. The lowest BCUT2D eigenvalue weighted by atomic mass is 10.1. The van der Waals surface area contributed by atoms with E-state index in [-0.39, 0.29) is 11.8 Å². The normalized spacial score (nSPS) is 18.9. The van der Waals surface area contributed by atoms with Crippen LogP contribution in [0, 0.1) is 5.92 Å². The van der Waals surface area contributed by atoms with Crippen molar-refractivity contribution in [3.05, 3.63) is 29.8 Å². The Bertz CT molecular complexity index is 442. The van der Waals surface area contributed by atoms with Crippen molar-refractivity contribution >= 4 is 28.8 Å². The first-order chi connectivity index (χ1) is 8.16. The summed E-state index contributed by atoms with van der Waals surface area (Å²) in [4.78, 5) is 12.2. The van der Waals surface area contributed by atoms with Gasteiger partial charge in [-0.25, -0.2) is 0 Å². The number of benzene rings is 1. The van der Waals surface area contributed by atoms with Crippen LogP contribution in [0.15, 0.2) is 24.3 Å². The molecule has 1 atom stereocenters. The number of carbonyl (C=O) groups excluding carboxylic acids is 1. The van der Waals surface area contributed by atoms with E-state index in [0.717, 1.165) is 12.0 Å². The van der Waals surface area contributed by atoms with Gasteiger partial charge in [-0.3, -0.25) is 4.79 Å². The predicted octanol–water partition coefficient (Wildman–Crippen LogP) is 1.30. The first-order valence-corrected chi connectivity index (χ1v) is 5.86. The molecule has 17 heavy (non-hydrogen) atoms. The molecule has 0 spiro atoms. The van der Waals surface area contributed by atoms with Gasteiger partial charge in [0.05, 0.1) is 12.5 Å². The molecule has 0 aromatic heterocycles. The van der Waals surface area contributed by atoms with Crippen LogP contribution in [-0.4, -0.2) is 24.1 Å². The van der Waals surface area contributed by atoms with Crippen LogP contribution in [0.4, 0.5) is 5.69 Å². The molecule has 4 nitrogen and oxygen atoms in total. The smallest absolute Gasteiger partial charge is 0.229 e. The second-order valence-electron chi connectivity index (χ2n) is 3.99. The molecular weight excluding hydrogens is 236 g/mol. The maximum atomic E-state index is 11.8. The summed E-state index contributed by atoms with van der Waals surface area (Å²) in [5, 5.41) is 2.84. The summed E-state index contributed by atoms with van der Waals surface area (Å²) in [5.41, 5.74) is 7.00. The highest BCUT2D eigenvalue weighted by molar-refractivity contribution is 7.80. The van der Waals surface area contributed by atoms with Crippen molar-refractivity contribution in [1.82, 2.24) is 0 Å². The fraction of sp³-hybridized carbons (Fsp3) is 0.333. The van der Waals surface area contributed by atoms with Crippen molar-refractivity contribution in [2.45, 2.75) is 6.42 Å². The average Bonchev–Trinajstić information content (AvgIpc) is 2.82. The lowest BCUT2D eigenvalue weighted by Crippen LogP contribution is -2.23. The zero-order valence-electron chi connectivity index (χ0n) is 9.31. The average molecular weight is 250 g/mol. The van der Waals surface area contributed by atoms with Crippen molar-refractivity contribution < 1.29 is 9.53 Å². The Balaban J connectivity index is 2.05. The van der Waals surface area contributed by atoms with E-state index in [2.05, 4.69) is 5.32 Å². The van der Waals surface area contributed by atoms with E-state index in [0.29, 0.717) is 23.9 Å². The number of nitrogens with one attached hydrogen (secondary N) is 1. The number of carbonyl (C=O) groups is 1. The summed E-state index contributed by atoms with van der Waals surface area (Å²) >= 11 is 4.89. The summed E-state index contributed by atoms with van der Waals surface area (Å²) in [6.07, 6.45) is 0.779. The van der Waals surface area contributed by atoms with Gasteiger partial charge in [0, 0.05) is 17.9 Å². The minimum absolute atomic E-state index is 0.0115. The van der Waals surface area contributed by atoms with Gasteiger partial charge in [-0.05, 0) is 18.6 Å². The molecule has 1 aliphatic rings. The molecule has 1 aromatic carbocycles. The Hall–Kier alpha value is -1.46. The molecule has 1 saturated heterocycles. The standard InChI is InChI=1S/C12H14N2O2S/c13-11(17)8-2-1-3-10(6-8)14-12(15)9-4-5-16-7-9/h1-3,6,9H,4-5,7H2,(H2,13,17)(H,14,15). The Kier molecular flexibility index (Phi) is 3.71. The van der Waals surface area contributed by atoms with Crippen molar-refractivity contribution in [2.24, 2.45) is 11.7 Å². The Labute approximate surface area is 105 Å². The third-order valence-corrected chi connectivity index (χ3v) is 2.95. The highest BCUT2D eigenvalue weighted by Crippen LogP contribution is 2.16. The van der Waals surface area contributed by atoms with Crippen molar-refractivity contribution in [3.8, 4) is 0 Å². The molecule has 1 amide bonds. The molecule has 0 bridgehead atoms. The van der Waals surface area contributed by atoms with E-state index in [9.17, 15) is 4.79 Å². The zero-order chi connectivity index (χ0) is 12.3. The van der Waals surface area contributed by atoms with Gasteiger partial charge in [0.2, 0.25) is 5.91 Å². The third kappa shape index (κ3) is 3.01. The molecule has 1 heterocycles. The van der Waals surface area contributed by atoms with Gasteiger partial charge in [-0.15, -0.1) is 0 Å². The van der Waals surface area contributed by atoms with E-state index in [1.807, 2.05) is 18.2 Å². The highest BCUT2D eigenvalue weighted by atomic mass is 32.1. The number of anilines is 1. The van der Waals surface area contributed by atoms with Gasteiger partial charge in [0.25, 0.3) is 0 Å². The summed E-state index contributed by atoms with van der Waals surface area (Å²) in [6.45, 7) is 1.16. The van der Waals surface area contributed by atoms with E-state index >= 15 is 0 Å². The molecule has 5 heteroatoms. The predicted molar refractivity (Wildman–Crippen MR) is 69.9 cm³/mol. The Morgan fingerprint density at radius 1 is 1.53 bits per heavy atom. The molecular formula is C12H14N2O2S. The number of ether oxygens (including phenoxy) is 1. The third-order valence-electron chi connectivity index (χ3n) is 2.72. The maximum Gasteiger partial charge on any atom is 0.229 e. The first-order valence-electron chi connectivity index (χ1n) is 5.45. The zero-order valence-corrected chi connectivity index (χ0v) is 10.1. The van der Waals surface area contributed by atoms with E-state index in [1.54, 1.807) is 6.07 Å². The number of amides is 1. The minimum Gasteiger partial charge on any atom is -0.389 e. The lowest BCUT2D eigenvalue weighted by molar-refractivity contribution is -0.119. The van der Waals surface area contributed by atoms with E-state index in [1.165, 1.54) is 0 Å². The van der Waals surface area contributed by atoms with Crippen molar-refractivity contribution in [3.63, 3.8) is 0 Å². The number of hydrogen-bond donors (Lipinski definition) is 2. The van der Waals surface area contributed by atoms with Crippen LogP contribution in [0.5, 0.6) is 0 Å². The van der Waals surface area contributed by atoms with E-state index < -0.39 is 0 Å². The second-order valence-corrected chi connectivity index (χ2v) is 4.43. The van der Waals surface area contributed by atoms with Crippen molar-refractivity contribution in [2.75, 3.05) is 18.5 Å². The van der Waals surface area contributed by atoms with Crippen LogP contribution in [0.25, 0.3) is 0 Å². The van der Waals surface area contributed by atoms with Gasteiger partial charge < -0.3 is 15.8 Å². The van der Waals surface area contributed by atoms with Crippen LogP contribution in [0.1, 0.15) is 12.0 Å². The second kappa shape index (κ2) is 5.25. The SMILES string of the molecule is NC(=S)c1cccc(NC(=O)C2CCOC2)c1. The molecule has 1 fully saturated rings. The fourth-order valence-corrected chi connectivity index (χ4v) is 1.86. The van der Waals surface area contributed by atoms with Gasteiger partial charge >= 0.3 is 0 Å². The molecule has 0 saturated carbocycles. The number of thiocarbonyl (C=S) groups is 1. The maximum absolute atomic E-state index is 11.8. The summed E-state index contributed by atoms with van der Waals surface area (Å²) in [5.74, 6) is -0.0638. The first kappa shape index (κ1) is 12.0. The molecule has 2 rings (SSSR count). The molecule has 1 aromatic rings. The molecule has 3 N–H and O–H groups in total. The largest absolute Gasteiger partial charge is 0.389 e. The molecule has 0 radical (unpaired) electrons. The van der Waals surface area contributed by atoms with Crippen LogP contribution in [-0.2, 0) is 9.53 Å². The quantitative estimate of drug-likeness (QED) is 0.794. The molecule has 1 aliphatic heterocycles. The van der Waals surface area contributed by atoms with Gasteiger partial charge in [-0.1, -0.05) is 24.4 Å². The topological polar surface area (TPSA) is 64.3 Å². The Morgan fingerprint density at radius 2 is 2.35 bits per heavy atom. The Morgan fingerprint density at radius 3 is 3.00 bits per heavy atom. The molecule has 90 valence electrons. The van der Waals surface area contributed by atoms with Crippen LogP contribution >= 0.6 is 12.2 Å². The van der Waals surface area contributed by atoms with Crippen molar-refractivity contribution in [1.29, 1.82) is 0 Å². The molecule has 1 unspecified atom stereocenters. The number of hydrogen-bond acceptors (Lipinski definition) is 3. The van der Waals surface area contributed by atoms with Crippen LogP contribution in [0.2, 0.25) is 0 Å². The van der Waals surface area contributed by atoms with Gasteiger partial charge in [0.1, 0.15) is 4.99 Å².